The number of benzene rings is 1. The molecule has 0 spiro atoms. The van der Waals surface area contributed by atoms with Gasteiger partial charge in [0.25, 0.3) is 0 Å². The average Bonchev–Trinajstić information content (AvgIpc) is 3.11. The maximum absolute atomic E-state index is 11.9. The van der Waals surface area contributed by atoms with E-state index in [2.05, 4.69) is 10.0 Å². The van der Waals surface area contributed by atoms with Crippen LogP contribution in [-0.2, 0) is 19.6 Å². The molecule has 1 aromatic rings. The molecule has 1 fully saturated rings. The third kappa shape index (κ3) is 3.94. The lowest BCUT2D eigenvalue weighted by atomic mass is 10.2. The van der Waals surface area contributed by atoms with Gasteiger partial charge in [-0.05, 0) is 31.0 Å². The van der Waals surface area contributed by atoms with Crippen LogP contribution in [0, 0.1) is 18.8 Å². The number of carboxylic acid groups (broad SMARTS) is 1. The van der Waals surface area contributed by atoms with Gasteiger partial charge in [0.05, 0.1) is 23.8 Å². The van der Waals surface area contributed by atoms with Crippen molar-refractivity contribution in [2.75, 3.05) is 16.3 Å². The first-order valence-electron chi connectivity index (χ1n) is 6.29. The Morgan fingerprint density at radius 3 is 2.48 bits per heavy atom. The molecule has 7 nitrogen and oxygen atoms in total. The highest BCUT2D eigenvalue weighted by Gasteiger charge is 2.48. The van der Waals surface area contributed by atoms with Crippen molar-refractivity contribution in [2.45, 2.75) is 13.3 Å². The van der Waals surface area contributed by atoms with E-state index in [4.69, 9.17) is 5.11 Å². The SMILES string of the molecule is Cc1ccc(NC(=O)C2CC2C(=O)O)cc1NS(C)(=O)=O. The standard InChI is InChI=1S/C13H16N2O5S/c1-7-3-4-8(5-11(7)15-21(2,19)20)14-12(16)9-6-10(9)13(17)18/h3-5,9-10,15H,6H2,1-2H3,(H,14,16)(H,17,18). The molecule has 2 unspecified atom stereocenters. The molecule has 0 bridgehead atoms. The van der Waals surface area contributed by atoms with Gasteiger partial charge in [0.2, 0.25) is 15.9 Å². The summed E-state index contributed by atoms with van der Waals surface area (Å²) in [5, 5.41) is 11.4. The van der Waals surface area contributed by atoms with Gasteiger partial charge in [-0.1, -0.05) is 6.07 Å². The number of nitrogens with one attached hydrogen (secondary N) is 2. The topological polar surface area (TPSA) is 113 Å². The number of amides is 1. The van der Waals surface area contributed by atoms with Crippen molar-refractivity contribution >= 4 is 33.3 Å². The van der Waals surface area contributed by atoms with Crippen LogP contribution in [0.25, 0.3) is 0 Å². The zero-order valence-electron chi connectivity index (χ0n) is 11.6. The van der Waals surface area contributed by atoms with E-state index in [1.54, 1.807) is 19.1 Å². The van der Waals surface area contributed by atoms with Gasteiger partial charge in [0.15, 0.2) is 0 Å². The lowest BCUT2D eigenvalue weighted by molar-refractivity contribution is -0.139. The maximum Gasteiger partial charge on any atom is 0.307 e. The van der Waals surface area contributed by atoms with E-state index in [0.29, 0.717) is 23.4 Å². The molecule has 0 heterocycles. The van der Waals surface area contributed by atoms with Gasteiger partial charge in [0, 0.05) is 5.69 Å². The molecular weight excluding hydrogens is 296 g/mol. The van der Waals surface area contributed by atoms with Crippen molar-refractivity contribution in [3.63, 3.8) is 0 Å². The molecular formula is C13H16N2O5S. The van der Waals surface area contributed by atoms with E-state index in [0.717, 1.165) is 6.26 Å². The number of aliphatic carboxylic acids is 1. The zero-order chi connectivity index (χ0) is 15.8. The molecule has 1 aromatic carbocycles. The van der Waals surface area contributed by atoms with Crippen molar-refractivity contribution in [1.29, 1.82) is 0 Å². The van der Waals surface area contributed by atoms with Crippen molar-refractivity contribution in [2.24, 2.45) is 11.8 Å². The quantitative estimate of drug-likeness (QED) is 0.751. The molecule has 2 rings (SSSR count). The van der Waals surface area contributed by atoms with Gasteiger partial charge in [0.1, 0.15) is 0 Å². The number of hydrogen-bond acceptors (Lipinski definition) is 4. The second-order valence-electron chi connectivity index (χ2n) is 5.18. The molecule has 3 N–H and O–H groups in total. The van der Waals surface area contributed by atoms with E-state index in [1.807, 2.05) is 0 Å². The predicted molar refractivity (Wildman–Crippen MR) is 77.5 cm³/mol. The van der Waals surface area contributed by atoms with Crippen LogP contribution in [0.5, 0.6) is 0 Å². The van der Waals surface area contributed by atoms with Crippen LogP contribution in [0.15, 0.2) is 18.2 Å². The lowest BCUT2D eigenvalue weighted by Gasteiger charge is -2.11. The normalized spacial score (nSPS) is 20.7. The number of carboxylic acids is 1. The van der Waals surface area contributed by atoms with E-state index in [9.17, 15) is 18.0 Å². The summed E-state index contributed by atoms with van der Waals surface area (Å²) < 4.78 is 24.9. The zero-order valence-corrected chi connectivity index (χ0v) is 12.4. The minimum atomic E-state index is -3.41. The van der Waals surface area contributed by atoms with E-state index in [-0.39, 0.29) is 5.91 Å². The number of sulfonamides is 1. The number of aryl methyl sites for hydroxylation is 1. The maximum atomic E-state index is 11.9. The number of anilines is 2. The van der Waals surface area contributed by atoms with Gasteiger partial charge < -0.3 is 10.4 Å². The Morgan fingerprint density at radius 1 is 1.29 bits per heavy atom. The van der Waals surface area contributed by atoms with Gasteiger partial charge in [-0.15, -0.1) is 0 Å². The van der Waals surface area contributed by atoms with E-state index in [1.165, 1.54) is 6.07 Å². The Bertz CT molecular complexity index is 699. The fourth-order valence-corrected chi connectivity index (χ4v) is 2.62. The molecule has 1 aliphatic carbocycles. The Kier molecular flexibility index (Phi) is 3.91. The van der Waals surface area contributed by atoms with E-state index >= 15 is 0 Å². The number of rotatable bonds is 5. The second kappa shape index (κ2) is 5.36. The highest BCUT2D eigenvalue weighted by Crippen LogP contribution is 2.39. The third-order valence-electron chi connectivity index (χ3n) is 3.24. The van der Waals surface area contributed by atoms with Crippen LogP contribution < -0.4 is 10.0 Å². The first kappa shape index (κ1) is 15.3. The van der Waals surface area contributed by atoms with Gasteiger partial charge in [-0.25, -0.2) is 8.42 Å². The molecule has 21 heavy (non-hydrogen) atoms. The first-order chi connectivity index (χ1) is 9.67. The summed E-state index contributed by atoms with van der Waals surface area (Å²) in [7, 11) is -3.41. The molecule has 1 aliphatic rings. The van der Waals surface area contributed by atoms with Crippen LogP contribution >= 0.6 is 0 Å². The molecule has 2 atom stereocenters. The monoisotopic (exact) mass is 312 g/mol. The molecule has 8 heteroatoms. The number of carbonyl (C=O) groups excluding carboxylic acids is 1. The minimum absolute atomic E-state index is 0.335. The fraction of sp³-hybridized carbons (Fsp3) is 0.385. The Labute approximate surface area is 122 Å². The molecule has 0 saturated heterocycles. The highest BCUT2D eigenvalue weighted by molar-refractivity contribution is 7.92. The largest absolute Gasteiger partial charge is 0.481 e. The summed E-state index contributed by atoms with van der Waals surface area (Å²) in [6.45, 7) is 1.74. The highest BCUT2D eigenvalue weighted by atomic mass is 32.2. The number of hydrogen-bond donors (Lipinski definition) is 3. The molecule has 1 amide bonds. The van der Waals surface area contributed by atoms with Crippen molar-refractivity contribution in [3.05, 3.63) is 23.8 Å². The van der Waals surface area contributed by atoms with Gasteiger partial charge in [-0.3, -0.25) is 14.3 Å². The summed E-state index contributed by atoms with van der Waals surface area (Å²) in [6, 6.07) is 4.82. The van der Waals surface area contributed by atoms with Gasteiger partial charge in [-0.2, -0.15) is 0 Å². The van der Waals surface area contributed by atoms with Gasteiger partial charge >= 0.3 is 5.97 Å². The summed E-state index contributed by atoms with van der Waals surface area (Å²) in [6.07, 6.45) is 1.38. The smallest absolute Gasteiger partial charge is 0.307 e. The molecule has 114 valence electrons. The Morgan fingerprint density at radius 2 is 1.95 bits per heavy atom. The lowest BCUT2D eigenvalue weighted by Crippen LogP contribution is -2.17. The average molecular weight is 312 g/mol. The molecule has 1 saturated carbocycles. The molecule has 0 aliphatic heterocycles. The van der Waals surface area contributed by atoms with Crippen molar-refractivity contribution in [1.82, 2.24) is 0 Å². The summed E-state index contributed by atoms with van der Waals surface area (Å²) in [5.74, 6) is -2.48. The van der Waals surface area contributed by atoms with E-state index < -0.39 is 27.8 Å². The van der Waals surface area contributed by atoms with Crippen LogP contribution in [0.4, 0.5) is 11.4 Å². The Balaban J connectivity index is 2.09. The molecule has 0 aromatic heterocycles. The minimum Gasteiger partial charge on any atom is -0.481 e. The fourth-order valence-electron chi connectivity index (χ4n) is 2.00. The molecule has 0 radical (unpaired) electrons. The number of carbonyl (C=O) groups is 2. The van der Waals surface area contributed by atoms with Crippen LogP contribution in [0.3, 0.4) is 0 Å². The van der Waals surface area contributed by atoms with Crippen LogP contribution in [0.1, 0.15) is 12.0 Å². The Hall–Kier alpha value is -2.09. The van der Waals surface area contributed by atoms with Crippen molar-refractivity contribution in [3.8, 4) is 0 Å². The summed E-state index contributed by atoms with van der Waals surface area (Å²) in [5.41, 5.74) is 1.52. The second-order valence-corrected chi connectivity index (χ2v) is 6.93. The van der Waals surface area contributed by atoms with Crippen LogP contribution in [0.2, 0.25) is 0 Å². The van der Waals surface area contributed by atoms with Crippen molar-refractivity contribution < 1.29 is 23.1 Å². The first-order valence-corrected chi connectivity index (χ1v) is 8.18. The summed E-state index contributed by atoms with van der Waals surface area (Å²) >= 11 is 0. The van der Waals surface area contributed by atoms with Crippen LogP contribution in [-0.4, -0.2) is 31.7 Å². The third-order valence-corrected chi connectivity index (χ3v) is 3.84. The predicted octanol–water partition coefficient (Wildman–Crippen LogP) is 1.03. The summed E-state index contributed by atoms with van der Waals surface area (Å²) in [4.78, 5) is 22.6.